The minimum atomic E-state index is -3.59. The molecule has 3 rings (SSSR count). The summed E-state index contributed by atoms with van der Waals surface area (Å²) in [6.45, 7) is 2.05. The summed E-state index contributed by atoms with van der Waals surface area (Å²) in [4.78, 5) is 24.5. The number of benzene rings is 2. The first-order valence-corrected chi connectivity index (χ1v) is 11.4. The Labute approximate surface area is 179 Å². The molecule has 0 aromatic heterocycles. The maximum absolute atomic E-state index is 12.8. The summed E-state index contributed by atoms with van der Waals surface area (Å²) < 4.78 is 36.3. The molecule has 1 N–H and O–H groups in total. The molecule has 1 atom stereocenters. The van der Waals surface area contributed by atoms with Crippen molar-refractivity contribution < 1.29 is 27.5 Å². The molecule has 0 unspecified atom stereocenters. The number of carbonyl (C=O) groups is 2. The molecule has 2 aromatic carbocycles. The van der Waals surface area contributed by atoms with Crippen molar-refractivity contribution in [2.24, 2.45) is 0 Å². The standard InChI is InChI=1S/C20H21ClN2O6S/c1-3-28-20(25)13-4-7-15(8-5-13)22-19(24)18-10-11-23(30(2,26)27)16-12-14(21)6-9-17(16)29-18/h4-9,12,18H,3,10-11H2,1-2H3,(H,22,24)/t18-/m0/s1. The number of esters is 1. The van der Waals surface area contributed by atoms with Crippen LogP contribution in [0.15, 0.2) is 42.5 Å². The van der Waals surface area contributed by atoms with Crippen LogP contribution in [0.5, 0.6) is 5.75 Å². The molecule has 1 aliphatic heterocycles. The predicted molar refractivity (Wildman–Crippen MR) is 114 cm³/mol. The first-order chi connectivity index (χ1) is 14.2. The number of hydrogen-bond donors (Lipinski definition) is 1. The highest BCUT2D eigenvalue weighted by Crippen LogP contribution is 2.36. The van der Waals surface area contributed by atoms with Gasteiger partial charge in [-0.1, -0.05) is 11.6 Å². The predicted octanol–water partition coefficient (Wildman–Crippen LogP) is 3.07. The van der Waals surface area contributed by atoms with Crippen molar-refractivity contribution in [2.75, 3.05) is 29.0 Å². The number of amides is 1. The summed E-state index contributed by atoms with van der Waals surface area (Å²) in [5.41, 5.74) is 1.13. The summed E-state index contributed by atoms with van der Waals surface area (Å²) in [6, 6.07) is 10.8. The highest BCUT2D eigenvalue weighted by molar-refractivity contribution is 7.92. The zero-order chi connectivity index (χ0) is 21.9. The molecule has 0 spiro atoms. The molecule has 0 fully saturated rings. The first-order valence-electron chi connectivity index (χ1n) is 9.21. The van der Waals surface area contributed by atoms with E-state index in [0.717, 1.165) is 6.26 Å². The Morgan fingerprint density at radius 3 is 2.57 bits per heavy atom. The summed E-state index contributed by atoms with van der Waals surface area (Å²) >= 11 is 6.02. The molecule has 0 saturated heterocycles. The van der Waals surface area contributed by atoms with Crippen molar-refractivity contribution >= 4 is 44.9 Å². The van der Waals surface area contributed by atoms with Crippen LogP contribution < -0.4 is 14.4 Å². The smallest absolute Gasteiger partial charge is 0.338 e. The van der Waals surface area contributed by atoms with Crippen LogP contribution in [0.3, 0.4) is 0 Å². The maximum Gasteiger partial charge on any atom is 0.338 e. The fourth-order valence-electron chi connectivity index (χ4n) is 3.01. The van der Waals surface area contributed by atoms with Crippen LogP contribution in [0.25, 0.3) is 0 Å². The van der Waals surface area contributed by atoms with Crippen LogP contribution >= 0.6 is 11.6 Å². The van der Waals surface area contributed by atoms with Gasteiger partial charge in [-0.05, 0) is 49.4 Å². The number of nitrogens with one attached hydrogen (secondary N) is 1. The number of carbonyl (C=O) groups excluding carboxylic acids is 2. The number of anilines is 2. The van der Waals surface area contributed by atoms with E-state index in [9.17, 15) is 18.0 Å². The second kappa shape index (κ2) is 8.93. The van der Waals surface area contributed by atoms with Gasteiger partial charge in [-0.3, -0.25) is 9.10 Å². The number of ether oxygens (including phenoxy) is 2. The average molecular weight is 453 g/mol. The number of rotatable bonds is 5. The molecule has 160 valence electrons. The van der Waals surface area contributed by atoms with Gasteiger partial charge in [0.15, 0.2) is 6.10 Å². The lowest BCUT2D eigenvalue weighted by Gasteiger charge is -2.21. The second-order valence-corrected chi connectivity index (χ2v) is 8.97. The van der Waals surface area contributed by atoms with Crippen LogP contribution in [0, 0.1) is 0 Å². The van der Waals surface area contributed by atoms with Gasteiger partial charge in [-0.25, -0.2) is 13.2 Å². The summed E-state index contributed by atoms with van der Waals surface area (Å²) in [5, 5.41) is 3.08. The van der Waals surface area contributed by atoms with Crippen LogP contribution in [0.1, 0.15) is 23.7 Å². The summed E-state index contributed by atoms with van der Waals surface area (Å²) in [6.07, 6.45) is 0.316. The molecule has 0 aliphatic carbocycles. The SMILES string of the molecule is CCOC(=O)c1ccc(NC(=O)[C@@H]2CCN(S(C)(=O)=O)c3cc(Cl)ccc3O2)cc1. The molecule has 1 amide bonds. The lowest BCUT2D eigenvalue weighted by molar-refractivity contribution is -0.122. The summed E-state index contributed by atoms with van der Waals surface area (Å²) in [5.74, 6) is -0.631. The fraction of sp³-hybridized carbons (Fsp3) is 0.300. The van der Waals surface area contributed by atoms with Gasteiger partial charge in [-0.2, -0.15) is 0 Å². The highest BCUT2D eigenvalue weighted by Gasteiger charge is 2.31. The van der Waals surface area contributed by atoms with Gasteiger partial charge in [-0.15, -0.1) is 0 Å². The van der Waals surface area contributed by atoms with Gasteiger partial charge < -0.3 is 14.8 Å². The minimum absolute atomic E-state index is 0.0616. The second-order valence-electron chi connectivity index (χ2n) is 6.63. The Kier molecular flexibility index (Phi) is 6.52. The number of halogens is 1. The first kappa shape index (κ1) is 21.9. The molecule has 0 saturated carbocycles. The largest absolute Gasteiger partial charge is 0.478 e. The normalized spacial score (nSPS) is 16.1. The van der Waals surface area contributed by atoms with Crippen molar-refractivity contribution in [1.82, 2.24) is 0 Å². The minimum Gasteiger partial charge on any atom is -0.478 e. The van der Waals surface area contributed by atoms with E-state index in [4.69, 9.17) is 21.1 Å². The van der Waals surface area contributed by atoms with E-state index in [2.05, 4.69) is 5.32 Å². The van der Waals surface area contributed by atoms with Crippen molar-refractivity contribution in [2.45, 2.75) is 19.4 Å². The van der Waals surface area contributed by atoms with E-state index in [1.165, 1.54) is 16.4 Å². The van der Waals surface area contributed by atoms with Crippen LogP contribution in [0.4, 0.5) is 11.4 Å². The third-order valence-corrected chi connectivity index (χ3v) is 5.82. The fourth-order valence-corrected chi connectivity index (χ4v) is 4.11. The number of sulfonamides is 1. The molecule has 8 nitrogen and oxygen atoms in total. The van der Waals surface area contributed by atoms with E-state index in [1.54, 1.807) is 37.3 Å². The van der Waals surface area contributed by atoms with E-state index < -0.39 is 28.0 Å². The Balaban J connectivity index is 1.77. The van der Waals surface area contributed by atoms with Crippen LogP contribution in [0.2, 0.25) is 5.02 Å². The van der Waals surface area contributed by atoms with Gasteiger partial charge in [0, 0.05) is 23.7 Å². The molecule has 1 heterocycles. The van der Waals surface area contributed by atoms with Gasteiger partial charge in [0.05, 0.1) is 24.1 Å². The van der Waals surface area contributed by atoms with Crippen molar-refractivity contribution in [1.29, 1.82) is 0 Å². The van der Waals surface area contributed by atoms with E-state index in [1.807, 2.05) is 0 Å². The summed E-state index contributed by atoms with van der Waals surface area (Å²) in [7, 11) is -3.59. The third kappa shape index (κ3) is 5.03. The van der Waals surface area contributed by atoms with Gasteiger partial charge in [0.2, 0.25) is 10.0 Å². The molecule has 2 aromatic rings. The average Bonchev–Trinajstić information content (AvgIpc) is 2.88. The van der Waals surface area contributed by atoms with Crippen LogP contribution in [-0.2, 0) is 19.6 Å². The molecular formula is C20H21ClN2O6S. The topological polar surface area (TPSA) is 102 Å². The lowest BCUT2D eigenvalue weighted by atomic mass is 10.2. The lowest BCUT2D eigenvalue weighted by Crippen LogP contribution is -2.35. The van der Waals surface area contributed by atoms with E-state index in [0.29, 0.717) is 22.0 Å². The third-order valence-electron chi connectivity index (χ3n) is 4.41. The Morgan fingerprint density at radius 1 is 1.23 bits per heavy atom. The van der Waals surface area contributed by atoms with E-state index in [-0.39, 0.29) is 25.3 Å². The number of hydrogen-bond acceptors (Lipinski definition) is 6. The number of nitrogens with zero attached hydrogens (tertiary/aromatic N) is 1. The molecule has 0 bridgehead atoms. The molecule has 0 radical (unpaired) electrons. The van der Waals surface area contributed by atoms with Gasteiger partial charge in [0.25, 0.3) is 5.91 Å². The molecule has 30 heavy (non-hydrogen) atoms. The number of fused-ring (bicyclic) bond motifs is 1. The Hall–Kier alpha value is -2.78. The van der Waals surface area contributed by atoms with Crippen molar-refractivity contribution in [3.63, 3.8) is 0 Å². The van der Waals surface area contributed by atoms with Crippen molar-refractivity contribution in [3.05, 3.63) is 53.1 Å². The highest BCUT2D eigenvalue weighted by atomic mass is 35.5. The quantitative estimate of drug-likeness (QED) is 0.699. The zero-order valence-electron chi connectivity index (χ0n) is 16.4. The monoisotopic (exact) mass is 452 g/mol. The van der Waals surface area contributed by atoms with Gasteiger partial charge >= 0.3 is 5.97 Å². The Morgan fingerprint density at radius 2 is 1.93 bits per heavy atom. The molecule has 1 aliphatic rings. The van der Waals surface area contributed by atoms with Crippen LogP contribution in [-0.4, -0.2) is 45.8 Å². The van der Waals surface area contributed by atoms with Crippen molar-refractivity contribution in [3.8, 4) is 5.75 Å². The molecule has 10 heteroatoms. The zero-order valence-corrected chi connectivity index (χ0v) is 18.0. The van der Waals surface area contributed by atoms with E-state index >= 15 is 0 Å². The molecular weight excluding hydrogens is 432 g/mol. The Bertz CT molecular complexity index is 1060. The maximum atomic E-state index is 12.8. The van der Waals surface area contributed by atoms with Gasteiger partial charge in [0.1, 0.15) is 5.75 Å².